The molecule has 1 aliphatic carbocycles. The molecule has 2 aromatic carbocycles. The maximum atomic E-state index is 12.8. The summed E-state index contributed by atoms with van der Waals surface area (Å²) in [6.45, 7) is 3.36. The average molecular weight is 463 g/mol. The van der Waals surface area contributed by atoms with Crippen LogP contribution in [-0.2, 0) is 9.53 Å². The van der Waals surface area contributed by atoms with E-state index in [2.05, 4.69) is 27.6 Å². The molecule has 4 rings (SSSR count). The lowest BCUT2D eigenvalue weighted by Gasteiger charge is -2.26. The molecule has 9 nitrogen and oxygen atoms in total. The highest BCUT2D eigenvalue weighted by molar-refractivity contribution is 5.96. The number of carboxylic acid groups (broad SMARTS) is 1. The summed E-state index contributed by atoms with van der Waals surface area (Å²) in [5.74, 6) is -1.58. The quantitative estimate of drug-likeness (QED) is 0.463. The number of amides is 2. The molecule has 0 fully saturated rings. The van der Waals surface area contributed by atoms with Gasteiger partial charge in [-0.2, -0.15) is 5.10 Å². The van der Waals surface area contributed by atoms with Crippen LogP contribution in [0.4, 0.5) is 10.6 Å². The van der Waals surface area contributed by atoms with E-state index in [1.54, 1.807) is 6.92 Å². The second-order valence-electron chi connectivity index (χ2n) is 8.20. The highest BCUT2D eigenvalue weighted by Crippen LogP contribution is 2.44. The Morgan fingerprint density at radius 2 is 1.74 bits per heavy atom. The Morgan fingerprint density at radius 3 is 2.32 bits per heavy atom. The normalized spacial score (nSPS) is 13.0. The Kier molecular flexibility index (Phi) is 6.62. The summed E-state index contributed by atoms with van der Waals surface area (Å²) in [5.41, 5.74) is 4.56. The highest BCUT2D eigenvalue weighted by Gasteiger charge is 2.29. The summed E-state index contributed by atoms with van der Waals surface area (Å²) < 4.78 is 5.49. The Morgan fingerprint density at radius 1 is 1.12 bits per heavy atom. The molecule has 9 heteroatoms. The number of benzene rings is 2. The zero-order chi connectivity index (χ0) is 24.2. The monoisotopic (exact) mass is 462 g/mol. The van der Waals surface area contributed by atoms with Crippen LogP contribution in [0.2, 0.25) is 0 Å². The van der Waals surface area contributed by atoms with Gasteiger partial charge < -0.3 is 14.7 Å². The minimum Gasteiger partial charge on any atom is -0.480 e. The number of anilines is 1. The van der Waals surface area contributed by atoms with Gasteiger partial charge in [-0.25, -0.2) is 4.79 Å². The van der Waals surface area contributed by atoms with Gasteiger partial charge in [0.15, 0.2) is 5.82 Å². The van der Waals surface area contributed by atoms with E-state index < -0.39 is 24.5 Å². The maximum Gasteiger partial charge on any atom is 0.412 e. The van der Waals surface area contributed by atoms with Crippen LogP contribution in [0, 0.1) is 0 Å². The number of fused-ring (bicyclic) bond motifs is 3. The topological polar surface area (TPSA) is 125 Å². The number of carbonyl (C=O) groups excluding carboxylic acids is 2. The number of aromatic amines is 1. The predicted octanol–water partition coefficient (Wildman–Crippen LogP) is 4.10. The first-order valence-corrected chi connectivity index (χ1v) is 11.1. The molecule has 1 atom stereocenters. The summed E-state index contributed by atoms with van der Waals surface area (Å²) in [5, 5.41) is 18.2. The third kappa shape index (κ3) is 4.63. The Labute approximate surface area is 196 Å². The number of nitrogens with one attached hydrogen (secondary N) is 2. The molecule has 176 valence electrons. The second-order valence-corrected chi connectivity index (χ2v) is 8.20. The first-order chi connectivity index (χ1) is 16.4. The van der Waals surface area contributed by atoms with Crippen molar-refractivity contribution in [2.24, 2.45) is 0 Å². The number of ether oxygens (including phenoxy) is 1. The van der Waals surface area contributed by atoms with Crippen molar-refractivity contribution in [1.29, 1.82) is 0 Å². The molecule has 1 unspecified atom stereocenters. The van der Waals surface area contributed by atoms with Crippen LogP contribution in [-0.4, -0.2) is 57.4 Å². The maximum absolute atomic E-state index is 12.8. The van der Waals surface area contributed by atoms with Gasteiger partial charge >= 0.3 is 12.1 Å². The fourth-order valence-corrected chi connectivity index (χ4v) is 4.18. The lowest BCUT2D eigenvalue weighted by atomic mass is 9.98. The van der Waals surface area contributed by atoms with E-state index in [0.717, 1.165) is 22.3 Å². The van der Waals surface area contributed by atoms with Crippen LogP contribution < -0.4 is 5.32 Å². The molecular formula is C25H26N4O5. The van der Waals surface area contributed by atoms with E-state index in [4.69, 9.17) is 9.84 Å². The summed E-state index contributed by atoms with van der Waals surface area (Å²) >= 11 is 0. The zero-order valence-electron chi connectivity index (χ0n) is 18.9. The lowest BCUT2D eigenvalue weighted by Crippen LogP contribution is -2.42. The summed E-state index contributed by atoms with van der Waals surface area (Å²) in [6.07, 6.45) is -0.102. The van der Waals surface area contributed by atoms with Crippen LogP contribution in [0.25, 0.3) is 11.1 Å². The molecule has 3 N–H and O–H groups in total. The van der Waals surface area contributed by atoms with Gasteiger partial charge in [-0.15, -0.1) is 0 Å². The number of aliphatic carboxylic acids is 1. The summed E-state index contributed by atoms with van der Waals surface area (Å²) in [6, 6.07) is 17.2. The van der Waals surface area contributed by atoms with Crippen LogP contribution >= 0.6 is 0 Å². The molecule has 0 bridgehead atoms. The molecule has 34 heavy (non-hydrogen) atoms. The number of H-pyrrole nitrogens is 1. The van der Waals surface area contributed by atoms with Gasteiger partial charge in [0.05, 0.1) is 0 Å². The van der Waals surface area contributed by atoms with Crippen molar-refractivity contribution >= 4 is 23.8 Å². The number of hydrogen-bond acceptors (Lipinski definition) is 5. The van der Waals surface area contributed by atoms with Crippen LogP contribution in [0.3, 0.4) is 0 Å². The molecule has 1 aliphatic rings. The summed E-state index contributed by atoms with van der Waals surface area (Å²) in [7, 11) is 0. The third-order valence-corrected chi connectivity index (χ3v) is 6.07. The standard InChI is InChI=1S/C25H26N4O5/c1-3-15(2)29(13-23(30)31)24(32)21-12-22(28-27-21)26-25(33)34-14-20-18-10-6-4-8-16(18)17-9-5-7-11-19(17)20/h4-12,15,20H,3,13-14H2,1-2H3,(H,30,31)(H2,26,27,28,33). The van der Waals surface area contributed by atoms with Crippen LogP contribution in [0.5, 0.6) is 0 Å². The molecule has 0 aliphatic heterocycles. The number of rotatable bonds is 8. The Hall–Kier alpha value is -4.14. The van der Waals surface area contributed by atoms with E-state index in [1.807, 2.05) is 43.3 Å². The minimum absolute atomic E-state index is 0.0745. The first kappa shape index (κ1) is 23.0. The number of carboxylic acids is 1. The van der Waals surface area contributed by atoms with Gasteiger partial charge in [-0.1, -0.05) is 55.5 Å². The molecule has 2 amide bonds. The van der Waals surface area contributed by atoms with Gasteiger partial charge in [0, 0.05) is 18.0 Å². The van der Waals surface area contributed by atoms with Crippen molar-refractivity contribution in [1.82, 2.24) is 15.1 Å². The zero-order valence-corrected chi connectivity index (χ0v) is 18.9. The summed E-state index contributed by atoms with van der Waals surface area (Å²) in [4.78, 5) is 37.6. The molecule has 0 saturated carbocycles. The molecular weight excluding hydrogens is 436 g/mol. The molecule has 3 aromatic rings. The van der Waals surface area contributed by atoms with E-state index in [-0.39, 0.29) is 30.1 Å². The molecule has 1 aromatic heterocycles. The van der Waals surface area contributed by atoms with Crippen molar-refractivity contribution in [3.8, 4) is 11.1 Å². The van der Waals surface area contributed by atoms with E-state index >= 15 is 0 Å². The van der Waals surface area contributed by atoms with E-state index in [0.29, 0.717) is 6.42 Å². The van der Waals surface area contributed by atoms with Crippen molar-refractivity contribution < 1.29 is 24.2 Å². The lowest BCUT2D eigenvalue weighted by molar-refractivity contribution is -0.138. The van der Waals surface area contributed by atoms with Crippen molar-refractivity contribution in [2.45, 2.75) is 32.2 Å². The van der Waals surface area contributed by atoms with Crippen molar-refractivity contribution in [2.75, 3.05) is 18.5 Å². The third-order valence-electron chi connectivity index (χ3n) is 6.07. The van der Waals surface area contributed by atoms with Gasteiger partial charge in [-0.3, -0.25) is 20.0 Å². The Bertz CT molecular complexity index is 1180. The molecule has 0 spiro atoms. The van der Waals surface area contributed by atoms with Gasteiger partial charge in [0.1, 0.15) is 18.8 Å². The average Bonchev–Trinajstić information content (AvgIpc) is 3.43. The largest absolute Gasteiger partial charge is 0.480 e. The fraction of sp³-hybridized carbons (Fsp3) is 0.280. The van der Waals surface area contributed by atoms with Crippen LogP contribution in [0.15, 0.2) is 54.6 Å². The van der Waals surface area contributed by atoms with Crippen molar-refractivity contribution in [3.63, 3.8) is 0 Å². The van der Waals surface area contributed by atoms with Crippen LogP contribution in [0.1, 0.15) is 47.8 Å². The fourth-order valence-electron chi connectivity index (χ4n) is 4.18. The van der Waals surface area contributed by atoms with Crippen molar-refractivity contribution in [3.05, 3.63) is 71.4 Å². The van der Waals surface area contributed by atoms with Gasteiger partial charge in [-0.05, 0) is 35.6 Å². The number of hydrogen-bond donors (Lipinski definition) is 3. The molecule has 0 saturated heterocycles. The predicted molar refractivity (Wildman–Crippen MR) is 126 cm³/mol. The minimum atomic E-state index is -1.11. The van der Waals surface area contributed by atoms with Gasteiger partial charge in [0.25, 0.3) is 5.91 Å². The van der Waals surface area contributed by atoms with E-state index in [9.17, 15) is 14.4 Å². The Balaban J connectivity index is 1.40. The second kappa shape index (κ2) is 9.78. The van der Waals surface area contributed by atoms with E-state index in [1.165, 1.54) is 11.0 Å². The highest BCUT2D eigenvalue weighted by atomic mass is 16.5. The van der Waals surface area contributed by atoms with Gasteiger partial charge in [0.2, 0.25) is 0 Å². The number of carbonyl (C=O) groups is 3. The first-order valence-electron chi connectivity index (χ1n) is 11.1. The number of nitrogens with zero attached hydrogens (tertiary/aromatic N) is 2. The molecule has 1 heterocycles. The molecule has 0 radical (unpaired) electrons. The number of aromatic nitrogens is 2. The SMILES string of the molecule is CCC(C)N(CC(=O)O)C(=O)c1cc(NC(=O)OCC2c3ccccc3-c3ccccc32)n[nH]1. The smallest absolute Gasteiger partial charge is 0.412 e.